The van der Waals surface area contributed by atoms with Crippen LogP contribution in [0.25, 0.3) is 16.8 Å². The number of halogens is 2. The van der Waals surface area contributed by atoms with E-state index in [1.165, 1.54) is 0 Å². The fourth-order valence-electron chi connectivity index (χ4n) is 5.37. The van der Waals surface area contributed by atoms with Crippen molar-refractivity contribution in [3.8, 4) is 0 Å². The van der Waals surface area contributed by atoms with Gasteiger partial charge in [0.2, 0.25) is 0 Å². The quantitative estimate of drug-likeness (QED) is 0.646. The molecular weight excluding hydrogens is 416 g/mol. The maximum atomic E-state index is 13.1. The zero-order valence-corrected chi connectivity index (χ0v) is 16.9. The van der Waals surface area contributed by atoms with Crippen molar-refractivity contribution in [1.82, 2.24) is 33.6 Å². The number of rotatable bonds is 4. The number of nitrogens with zero attached hydrogens (tertiary/aromatic N) is 5. The minimum absolute atomic E-state index is 0.179. The van der Waals surface area contributed by atoms with Crippen molar-refractivity contribution in [1.29, 1.82) is 0 Å². The molecule has 3 saturated carbocycles. The number of fused-ring (bicyclic) bond motifs is 6. The van der Waals surface area contributed by atoms with Crippen LogP contribution in [0.15, 0.2) is 18.5 Å². The average molecular weight is 437 g/mol. The first kappa shape index (κ1) is 18.6. The highest BCUT2D eigenvalue weighted by Crippen LogP contribution is 2.53. The van der Waals surface area contributed by atoms with Crippen LogP contribution in [0.3, 0.4) is 0 Å². The molecule has 160 valence electrons. The van der Waals surface area contributed by atoms with Gasteiger partial charge in [-0.15, -0.1) is 10.2 Å². The van der Waals surface area contributed by atoms with Crippen molar-refractivity contribution in [2.24, 2.45) is 0 Å². The highest BCUT2D eigenvalue weighted by Gasteiger charge is 2.55. The van der Waals surface area contributed by atoms with Gasteiger partial charge >= 0.3 is 0 Å². The molecule has 2 bridgehead atoms. The van der Waals surface area contributed by atoms with E-state index in [0.717, 1.165) is 40.6 Å². The van der Waals surface area contributed by atoms with Crippen LogP contribution < -0.4 is 4.72 Å². The Morgan fingerprint density at radius 1 is 1.07 bits per heavy atom. The van der Waals surface area contributed by atoms with E-state index in [-0.39, 0.29) is 5.41 Å². The van der Waals surface area contributed by atoms with E-state index < -0.39 is 34.8 Å². The number of hydrogen-bond acceptors (Lipinski definition) is 5. The molecule has 0 atom stereocenters. The van der Waals surface area contributed by atoms with Crippen LogP contribution in [0, 0.1) is 0 Å². The summed E-state index contributed by atoms with van der Waals surface area (Å²) in [4.78, 5) is 7.47. The van der Waals surface area contributed by atoms with Crippen LogP contribution >= 0.6 is 0 Å². The zero-order valence-electron chi connectivity index (χ0n) is 16.1. The summed E-state index contributed by atoms with van der Waals surface area (Å²) in [6.07, 6.45) is 7.76. The molecule has 12 heteroatoms. The third-order valence-electron chi connectivity index (χ3n) is 7.16. The van der Waals surface area contributed by atoms with Crippen LogP contribution in [-0.2, 0) is 15.6 Å². The molecule has 0 aromatic carbocycles. The summed E-state index contributed by atoms with van der Waals surface area (Å²) in [7, 11) is -3.91. The molecule has 0 spiro atoms. The number of nitrogens with one attached hydrogen (secondary N) is 2. The van der Waals surface area contributed by atoms with Gasteiger partial charge in [-0.05, 0) is 44.6 Å². The van der Waals surface area contributed by atoms with Crippen LogP contribution in [0.4, 0.5) is 8.78 Å². The van der Waals surface area contributed by atoms with Gasteiger partial charge in [-0.25, -0.2) is 13.8 Å². The SMILES string of the molecule is O=S(=O)(NC12CCC(c3nnc4cnc5[nH]ccc5n34)(CC1)CC2)N1CC(F)(F)C1. The minimum atomic E-state index is -3.91. The highest BCUT2D eigenvalue weighted by molar-refractivity contribution is 7.87. The van der Waals surface area contributed by atoms with Crippen LogP contribution in [0.1, 0.15) is 44.3 Å². The van der Waals surface area contributed by atoms with Gasteiger partial charge in [0.05, 0.1) is 24.8 Å². The summed E-state index contributed by atoms with van der Waals surface area (Å²) < 4.78 is 57.1. The van der Waals surface area contributed by atoms with E-state index in [2.05, 4.69) is 24.9 Å². The third kappa shape index (κ3) is 2.56. The van der Waals surface area contributed by atoms with Gasteiger partial charge in [0.1, 0.15) is 5.82 Å². The summed E-state index contributed by atoms with van der Waals surface area (Å²) in [6.45, 7) is -1.48. The molecule has 2 N–H and O–H groups in total. The second kappa shape index (κ2) is 5.74. The minimum Gasteiger partial charge on any atom is -0.345 e. The summed E-state index contributed by atoms with van der Waals surface area (Å²) >= 11 is 0. The van der Waals surface area contributed by atoms with E-state index in [1.54, 1.807) is 6.20 Å². The van der Waals surface area contributed by atoms with Crippen molar-refractivity contribution in [2.45, 2.75) is 55.4 Å². The van der Waals surface area contributed by atoms with E-state index in [4.69, 9.17) is 0 Å². The molecule has 4 heterocycles. The smallest absolute Gasteiger partial charge is 0.280 e. The highest BCUT2D eigenvalue weighted by atomic mass is 32.2. The van der Waals surface area contributed by atoms with Crippen LogP contribution in [-0.4, -0.2) is 61.8 Å². The maximum Gasteiger partial charge on any atom is 0.280 e. The van der Waals surface area contributed by atoms with E-state index in [0.29, 0.717) is 24.9 Å². The number of aromatic nitrogens is 5. The van der Waals surface area contributed by atoms with Crippen molar-refractivity contribution in [2.75, 3.05) is 13.1 Å². The Bertz CT molecular complexity index is 1240. The standard InChI is InChI=1S/C18H21F2N7O2S/c19-18(20)10-26(11-18)30(28,29)25-17-5-2-16(3-6-17,4-7-17)15-24-23-13-9-22-14-12(27(13)15)1-8-21-14/h1,8-9,21,25H,2-7,10-11H2. The average Bonchev–Trinajstić information content (AvgIpc) is 3.33. The lowest BCUT2D eigenvalue weighted by atomic mass is 9.57. The summed E-state index contributed by atoms with van der Waals surface area (Å²) in [5.41, 5.74) is 1.62. The molecule has 4 aliphatic rings. The molecule has 1 aliphatic heterocycles. The Labute approximate surface area is 171 Å². The van der Waals surface area contributed by atoms with Gasteiger partial charge < -0.3 is 4.98 Å². The van der Waals surface area contributed by atoms with Crippen molar-refractivity contribution in [3.05, 3.63) is 24.3 Å². The van der Waals surface area contributed by atoms with E-state index >= 15 is 0 Å². The molecule has 0 unspecified atom stereocenters. The van der Waals surface area contributed by atoms with Gasteiger partial charge in [0.15, 0.2) is 11.3 Å². The number of alkyl halides is 2. The number of aromatic amines is 1. The van der Waals surface area contributed by atoms with Gasteiger partial charge in [-0.3, -0.25) is 4.40 Å². The molecular formula is C18H21F2N7O2S. The normalized spacial score (nSPS) is 31.4. The second-order valence-electron chi connectivity index (χ2n) is 8.98. The van der Waals surface area contributed by atoms with Gasteiger partial charge in [0, 0.05) is 17.2 Å². The summed E-state index contributed by atoms with van der Waals surface area (Å²) in [5.74, 6) is -2.03. The first-order chi connectivity index (χ1) is 14.2. The van der Waals surface area contributed by atoms with Gasteiger partial charge in [-0.1, -0.05) is 0 Å². The molecule has 3 aliphatic carbocycles. The van der Waals surface area contributed by atoms with E-state index in [9.17, 15) is 17.2 Å². The fraction of sp³-hybridized carbons (Fsp3) is 0.611. The molecule has 3 aromatic rings. The molecule has 9 nitrogen and oxygen atoms in total. The zero-order chi connectivity index (χ0) is 20.8. The Hall–Kier alpha value is -2.18. The summed E-state index contributed by atoms with van der Waals surface area (Å²) in [5, 5.41) is 8.82. The van der Waals surface area contributed by atoms with Crippen LogP contribution in [0.5, 0.6) is 0 Å². The Morgan fingerprint density at radius 3 is 2.43 bits per heavy atom. The van der Waals surface area contributed by atoms with Crippen molar-refractivity contribution in [3.63, 3.8) is 0 Å². The first-order valence-electron chi connectivity index (χ1n) is 10.1. The lowest BCUT2D eigenvalue weighted by molar-refractivity contribution is -0.0955. The predicted octanol–water partition coefficient (Wildman–Crippen LogP) is 1.74. The Morgan fingerprint density at radius 2 is 1.77 bits per heavy atom. The topological polar surface area (TPSA) is 108 Å². The Kier molecular flexibility index (Phi) is 3.55. The largest absolute Gasteiger partial charge is 0.345 e. The third-order valence-corrected chi connectivity index (χ3v) is 8.79. The predicted molar refractivity (Wildman–Crippen MR) is 103 cm³/mol. The van der Waals surface area contributed by atoms with Gasteiger partial charge in [-0.2, -0.15) is 17.4 Å². The van der Waals surface area contributed by atoms with Crippen molar-refractivity contribution < 1.29 is 17.2 Å². The lowest BCUT2D eigenvalue weighted by Crippen LogP contribution is -2.66. The monoisotopic (exact) mass is 437 g/mol. The van der Waals surface area contributed by atoms with E-state index in [1.807, 2.05) is 16.7 Å². The van der Waals surface area contributed by atoms with Gasteiger partial charge in [0.25, 0.3) is 16.1 Å². The first-order valence-corrected chi connectivity index (χ1v) is 11.5. The maximum absolute atomic E-state index is 13.1. The Balaban J connectivity index is 1.28. The van der Waals surface area contributed by atoms with Crippen LogP contribution in [0.2, 0.25) is 0 Å². The molecule has 0 radical (unpaired) electrons. The number of H-pyrrole nitrogens is 1. The van der Waals surface area contributed by atoms with Crippen molar-refractivity contribution >= 4 is 27.0 Å². The fourth-order valence-corrected chi connectivity index (χ4v) is 7.07. The number of hydrogen-bond donors (Lipinski definition) is 2. The molecule has 0 amide bonds. The lowest BCUT2D eigenvalue weighted by Gasteiger charge is -2.53. The second-order valence-corrected chi connectivity index (χ2v) is 10.6. The molecule has 30 heavy (non-hydrogen) atoms. The molecule has 1 saturated heterocycles. The molecule has 4 fully saturated rings. The summed E-state index contributed by atoms with van der Waals surface area (Å²) in [6, 6.07) is 1.95. The molecule has 3 aromatic heterocycles. The molecule has 7 rings (SSSR count).